The molecule has 3 rings (SSSR count). The first-order chi connectivity index (χ1) is 8.45. The molecule has 1 N–H and O–H groups in total. The number of benzene rings is 1. The lowest BCUT2D eigenvalue weighted by atomic mass is 9.96. The van der Waals surface area contributed by atoms with Gasteiger partial charge in [0, 0.05) is 18.0 Å². The van der Waals surface area contributed by atoms with Gasteiger partial charge < -0.3 is 14.8 Å². The Hall–Kier alpha value is -1.22. The van der Waals surface area contributed by atoms with Crippen LogP contribution in [0.1, 0.15) is 37.3 Å². The molecule has 2 aliphatic rings. The number of ether oxygens (including phenoxy) is 2. The van der Waals surface area contributed by atoms with E-state index in [1.807, 2.05) is 6.07 Å². The molecule has 3 nitrogen and oxygen atoms in total. The maximum atomic E-state index is 5.87. The maximum absolute atomic E-state index is 5.87. The number of hydrogen-bond acceptors (Lipinski definition) is 3. The third-order valence-corrected chi connectivity index (χ3v) is 3.49. The fourth-order valence-corrected chi connectivity index (χ4v) is 2.61. The minimum absolute atomic E-state index is 0.431. The molecule has 1 aromatic rings. The Kier molecular flexibility index (Phi) is 3.18. The van der Waals surface area contributed by atoms with Gasteiger partial charge in [0.05, 0.1) is 13.2 Å². The van der Waals surface area contributed by atoms with E-state index in [9.17, 15) is 0 Å². The lowest BCUT2D eigenvalue weighted by molar-refractivity contribution is 0.293. The van der Waals surface area contributed by atoms with E-state index < -0.39 is 0 Å². The summed E-state index contributed by atoms with van der Waals surface area (Å²) in [7, 11) is 0. The summed E-state index contributed by atoms with van der Waals surface area (Å²) < 4.78 is 11.6. The van der Waals surface area contributed by atoms with Gasteiger partial charge in [-0.25, -0.2) is 0 Å². The molecule has 0 saturated carbocycles. The summed E-state index contributed by atoms with van der Waals surface area (Å²) in [5, 5.41) is 3.57. The molecule has 92 valence electrons. The monoisotopic (exact) mass is 233 g/mol. The summed E-state index contributed by atoms with van der Waals surface area (Å²) in [4.78, 5) is 0. The van der Waals surface area contributed by atoms with E-state index in [4.69, 9.17) is 9.47 Å². The van der Waals surface area contributed by atoms with Crippen LogP contribution in [-0.4, -0.2) is 19.8 Å². The number of para-hydroxylation sites is 1. The van der Waals surface area contributed by atoms with Crippen LogP contribution in [0.2, 0.25) is 0 Å². The van der Waals surface area contributed by atoms with Crippen LogP contribution in [0, 0.1) is 0 Å². The van der Waals surface area contributed by atoms with Crippen LogP contribution < -0.4 is 14.8 Å². The van der Waals surface area contributed by atoms with Crippen molar-refractivity contribution in [2.24, 2.45) is 0 Å². The van der Waals surface area contributed by atoms with Crippen molar-refractivity contribution in [1.82, 2.24) is 5.32 Å². The zero-order chi connectivity index (χ0) is 11.5. The minimum Gasteiger partial charge on any atom is -0.490 e. The molecule has 0 bridgehead atoms. The highest BCUT2D eigenvalue weighted by atomic mass is 16.5. The first kappa shape index (κ1) is 10.9. The van der Waals surface area contributed by atoms with Gasteiger partial charge in [0.2, 0.25) is 0 Å². The van der Waals surface area contributed by atoms with Crippen LogP contribution in [0.25, 0.3) is 0 Å². The Morgan fingerprint density at radius 3 is 2.88 bits per heavy atom. The average molecular weight is 233 g/mol. The van der Waals surface area contributed by atoms with Gasteiger partial charge in [-0.3, -0.25) is 0 Å². The van der Waals surface area contributed by atoms with Gasteiger partial charge in [-0.1, -0.05) is 18.6 Å². The molecule has 2 aliphatic heterocycles. The predicted molar refractivity (Wildman–Crippen MR) is 66.6 cm³/mol. The fourth-order valence-electron chi connectivity index (χ4n) is 2.61. The Balaban J connectivity index is 1.92. The molecule has 1 fully saturated rings. The Morgan fingerprint density at radius 1 is 1.06 bits per heavy atom. The molecule has 0 aliphatic carbocycles. The van der Waals surface area contributed by atoms with Gasteiger partial charge in [0.25, 0.3) is 0 Å². The Bertz CT molecular complexity index is 386. The van der Waals surface area contributed by atoms with Crippen molar-refractivity contribution in [3.05, 3.63) is 23.8 Å². The first-order valence-electron chi connectivity index (χ1n) is 6.57. The number of nitrogens with one attached hydrogen (secondary N) is 1. The van der Waals surface area contributed by atoms with E-state index in [-0.39, 0.29) is 0 Å². The highest BCUT2D eigenvalue weighted by Gasteiger charge is 2.22. The van der Waals surface area contributed by atoms with Crippen LogP contribution in [0.4, 0.5) is 0 Å². The van der Waals surface area contributed by atoms with E-state index in [1.165, 1.54) is 24.8 Å². The largest absolute Gasteiger partial charge is 0.490 e. The van der Waals surface area contributed by atoms with Crippen LogP contribution in [-0.2, 0) is 0 Å². The lowest BCUT2D eigenvalue weighted by Crippen LogP contribution is -2.27. The Labute approximate surface area is 102 Å². The summed E-state index contributed by atoms with van der Waals surface area (Å²) in [5.74, 6) is 1.87. The molecule has 17 heavy (non-hydrogen) atoms. The fraction of sp³-hybridized carbons (Fsp3) is 0.571. The summed E-state index contributed by atoms with van der Waals surface area (Å²) in [6.07, 6.45) is 4.73. The topological polar surface area (TPSA) is 30.5 Å². The first-order valence-corrected chi connectivity index (χ1v) is 6.57. The van der Waals surface area contributed by atoms with Crippen molar-refractivity contribution in [3.63, 3.8) is 0 Å². The van der Waals surface area contributed by atoms with E-state index in [0.29, 0.717) is 6.04 Å². The van der Waals surface area contributed by atoms with E-state index in [0.717, 1.165) is 37.7 Å². The van der Waals surface area contributed by atoms with Crippen LogP contribution in [0.5, 0.6) is 11.5 Å². The summed E-state index contributed by atoms with van der Waals surface area (Å²) in [5.41, 5.74) is 1.27. The van der Waals surface area contributed by atoms with E-state index >= 15 is 0 Å². The number of rotatable bonds is 1. The molecular weight excluding hydrogens is 214 g/mol. The summed E-state index contributed by atoms with van der Waals surface area (Å²) >= 11 is 0. The van der Waals surface area contributed by atoms with Crippen molar-refractivity contribution < 1.29 is 9.47 Å². The third-order valence-electron chi connectivity index (χ3n) is 3.49. The predicted octanol–water partition coefficient (Wildman–Crippen LogP) is 2.66. The Morgan fingerprint density at radius 2 is 2.00 bits per heavy atom. The van der Waals surface area contributed by atoms with Crippen LogP contribution >= 0.6 is 0 Å². The summed E-state index contributed by atoms with van der Waals surface area (Å²) in [6, 6.07) is 6.67. The summed E-state index contributed by atoms with van der Waals surface area (Å²) in [6.45, 7) is 2.63. The van der Waals surface area contributed by atoms with E-state index in [2.05, 4.69) is 17.4 Å². The quantitative estimate of drug-likeness (QED) is 0.809. The highest BCUT2D eigenvalue weighted by Crippen LogP contribution is 2.38. The molecule has 0 radical (unpaired) electrons. The second-order valence-corrected chi connectivity index (χ2v) is 4.73. The van der Waals surface area contributed by atoms with Crippen molar-refractivity contribution in [1.29, 1.82) is 0 Å². The molecule has 0 spiro atoms. The molecule has 1 saturated heterocycles. The van der Waals surface area contributed by atoms with Gasteiger partial charge in [-0.2, -0.15) is 0 Å². The number of fused-ring (bicyclic) bond motifs is 1. The highest BCUT2D eigenvalue weighted by molar-refractivity contribution is 5.48. The van der Waals surface area contributed by atoms with Gasteiger partial charge in [0.15, 0.2) is 11.5 Å². The molecule has 0 aromatic heterocycles. The van der Waals surface area contributed by atoms with Gasteiger partial charge in [-0.05, 0) is 25.5 Å². The molecule has 2 heterocycles. The average Bonchev–Trinajstić information content (AvgIpc) is 2.64. The van der Waals surface area contributed by atoms with Crippen molar-refractivity contribution in [2.45, 2.75) is 31.7 Å². The minimum atomic E-state index is 0.431. The molecule has 1 unspecified atom stereocenters. The SMILES string of the molecule is c1cc2c(c(C3CCCCN3)c1)OCCCO2. The van der Waals surface area contributed by atoms with Gasteiger partial charge in [0.1, 0.15) is 0 Å². The molecular formula is C14H19NO2. The zero-order valence-corrected chi connectivity index (χ0v) is 10.1. The zero-order valence-electron chi connectivity index (χ0n) is 10.1. The lowest BCUT2D eigenvalue weighted by Gasteiger charge is -2.26. The molecule has 0 amide bonds. The molecule has 1 atom stereocenters. The molecule has 3 heteroatoms. The van der Waals surface area contributed by atoms with E-state index in [1.54, 1.807) is 0 Å². The van der Waals surface area contributed by atoms with Crippen molar-refractivity contribution in [3.8, 4) is 11.5 Å². The normalized spacial score (nSPS) is 24.1. The standard InChI is InChI=1S/C14H19NO2/c1-2-8-15-12(6-1)11-5-3-7-13-14(11)17-10-4-9-16-13/h3,5,7,12,15H,1-2,4,6,8-10H2. The molecule has 1 aromatic carbocycles. The van der Waals surface area contributed by atoms with Crippen molar-refractivity contribution >= 4 is 0 Å². The third kappa shape index (κ3) is 2.25. The van der Waals surface area contributed by atoms with Gasteiger partial charge >= 0.3 is 0 Å². The second-order valence-electron chi connectivity index (χ2n) is 4.73. The second kappa shape index (κ2) is 4.96. The van der Waals surface area contributed by atoms with Gasteiger partial charge in [-0.15, -0.1) is 0 Å². The van der Waals surface area contributed by atoms with Crippen molar-refractivity contribution in [2.75, 3.05) is 19.8 Å². The van der Waals surface area contributed by atoms with Crippen LogP contribution in [0.15, 0.2) is 18.2 Å². The maximum Gasteiger partial charge on any atom is 0.165 e. The number of piperidine rings is 1. The number of hydrogen-bond donors (Lipinski definition) is 1. The smallest absolute Gasteiger partial charge is 0.165 e. The van der Waals surface area contributed by atoms with Crippen LogP contribution in [0.3, 0.4) is 0 Å².